The van der Waals surface area contributed by atoms with Crippen LogP contribution in [0.2, 0.25) is 0 Å². The number of H-pyrrole nitrogens is 1. The number of aromatic amines is 1. The summed E-state index contributed by atoms with van der Waals surface area (Å²) in [6.45, 7) is 2.44. The van der Waals surface area contributed by atoms with Crippen LogP contribution in [0.3, 0.4) is 0 Å². The summed E-state index contributed by atoms with van der Waals surface area (Å²) in [4.78, 5) is 9.62. The molecule has 0 unspecified atom stereocenters. The first-order chi connectivity index (χ1) is 13.2. The Morgan fingerprint density at radius 1 is 1.26 bits per heavy atom. The predicted octanol–water partition coefficient (Wildman–Crippen LogP) is 3.15. The van der Waals surface area contributed by atoms with Gasteiger partial charge in [0.1, 0.15) is 17.6 Å². The lowest BCUT2D eigenvalue weighted by atomic mass is 10.0. The van der Waals surface area contributed by atoms with E-state index in [1.807, 2.05) is 36.5 Å². The average molecular weight is 367 g/mol. The van der Waals surface area contributed by atoms with Gasteiger partial charge in [-0.25, -0.2) is 0 Å². The topological polar surface area (TPSA) is 70.6 Å². The number of hydrogen-bond donors (Lipinski definition) is 2. The number of rotatable bonds is 6. The summed E-state index contributed by atoms with van der Waals surface area (Å²) < 4.78 is 11.3. The van der Waals surface area contributed by atoms with Crippen molar-refractivity contribution in [2.75, 3.05) is 26.7 Å². The number of hydrogen-bond acceptors (Lipinski definition) is 5. The largest absolute Gasteiger partial charge is 0.497 e. The van der Waals surface area contributed by atoms with Crippen LogP contribution in [0.5, 0.6) is 11.5 Å². The van der Waals surface area contributed by atoms with Gasteiger partial charge in [-0.2, -0.15) is 0 Å². The molecule has 4 rings (SSSR count). The minimum Gasteiger partial charge on any atom is -0.497 e. The zero-order chi connectivity index (χ0) is 18.6. The van der Waals surface area contributed by atoms with Crippen molar-refractivity contribution >= 4 is 10.9 Å². The van der Waals surface area contributed by atoms with Crippen LogP contribution in [0.1, 0.15) is 24.5 Å². The normalized spacial score (nSPS) is 17.1. The van der Waals surface area contributed by atoms with Crippen molar-refractivity contribution in [3.8, 4) is 11.5 Å². The first kappa shape index (κ1) is 17.8. The van der Waals surface area contributed by atoms with Gasteiger partial charge in [-0.05, 0) is 43.2 Å². The predicted molar refractivity (Wildman–Crippen MR) is 104 cm³/mol. The maximum Gasteiger partial charge on any atom is 0.137 e. The van der Waals surface area contributed by atoms with Crippen LogP contribution in [-0.4, -0.2) is 52.8 Å². The molecule has 6 heteroatoms. The van der Waals surface area contributed by atoms with Crippen LogP contribution in [0, 0.1) is 0 Å². The fourth-order valence-electron chi connectivity index (χ4n) is 3.69. The number of aliphatic hydroxyl groups is 1. The molecule has 0 bridgehead atoms. The maximum absolute atomic E-state index is 10.8. The highest BCUT2D eigenvalue weighted by Gasteiger charge is 2.24. The zero-order valence-corrected chi connectivity index (χ0v) is 15.5. The standard InChI is InChI=1S/C21H25N3O3/c1-26-16-4-5-20-18(11-16)19(13-23-20)21(25)14-24-9-6-15(7-10-24)27-17-3-2-8-22-12-17/h2-5,8,11-13,15,21,23,25H,6-7,9-10,14H2,1H3/t21-/m1/s1. The van der Waals surface area contributed by atoms with Crippen molar-refractivity contribution in [1.29, 1.82) is 0 Å². The van der Waals surface area contributed by atoms with Gasteiger partial charge < -0.3 is 24.5 Å². The minimum atomic E-state index is -0.540. The Morgan fingerprint density at radius 3 is 2.85 bits per heavy atom. The van der Waals surface area contributed by atoms with Crippen LogP contribution in [0.15, 0.2) is 48.9 Å². The molecule has 1 fully saturated rings. The van der Waals surface area contributed by atoms with Crippen LogP contribution in [0.25, 0.3) is 10.9 Å². The number of β-amino-alcohol motifs (C(OH)–C–C–N with tert-alkyl or cyclic N) is 1. The minimum absolute atomic E-state index is 0.208. The molecule has 1 aliphatic heterocycles. The molecule has 0 spiro atoms. The van der Waals surface area contributed by atoms with E-state index in [9.17, 15) is 5.11 Å². The summed E-state index contributed by atoms with van der Waals surface area (Å²) in [6.07, 6.45) is 6.96. The number of aromatic nitrogens is 2. The first-order valence-corrected chi connectivity index (χ1v) is 9.35. The van der Waals surface area contributed by atoms with Crippen LogP contribution in [-0.2, 0) is 0 Å². The number of piperidine rings is 1. The van der Waals surface area contributed by atoms with Gasteiger partial charge in [0.25, 0.3) is 0 Å². The summed E-state index contributed by atoms with van der Waals surface area (Å²) in [5.74, 6) is 1.62. The highest BCUT2D eigenvalue weighted by atomic mass is 16.5. The molecule has 1 atom stereocenters. The second-order valence-corrected chi connectivity index (χ2v) is 6.98. The molecule has 0 amide bonds. The van der Waals surface area contributed by atoms with Crippen molar-refractivity contribution in [2.45, 2.75) is 25.0 Å². The van der Waals surface area contributed by atoms with Crippen LogP contribution in [0.4, 0.5) is 0 Å². The summed E-state index contributed by atoms with van der Waals surface area (Å²) in [7, 11) is 1.65. The number of aliphatic hydroxyl groups excluding tert-OH is 1. The monoisotopic (exact) mass is 367 g/mol. The molecule has 3 aromatic rings. The molecule has 2 N–H and O–H groups in total. The summed E-state index contributed by atoms with van der Waals surface area (Å²) in [5.41, 5.74) is 1.92. The van der Waals surface area contributed by atoms with Gasteiger partial charge in [0.15, 0.2) is 0 Å². The van der Waals surface area contributed by atoms with Gasteiger partial charge in [0.2, 0.25) is 0 Å². The third kappa shape index (κ3) is 4.07. The van der Waals surface area contributed by atoms with E-state index in [4.69, 9.17) is 9.47 Å². The Balaban J connectivity index is 1.35. The fraction of sp³-hybridized carbons (Fsp3) is 0.381. The van der Waals surface area contributed by atoms with Crippen molar-refractivity contribution in [1.82, 2.24) is 14.9 Å². The number of likely N-dealkylation sites (tertiary alicyclic amines) is 1. The molecule has 0 saturated carbocycles. The Kier molecular flexibility index (Phi) is 5.27. The molecule has 1 aromatic carbocycles. The van der Waals surface area contributed by atoms with E-state index in [-0.39, 0.29) is 6.10 Å². The highest BCUT2D eigenvalue weighted by Crippen LogP contribution is 2.29. The lowest BCUT2D eigenvalue weighted by Gasteiger charge is -2.33. The van der Waals surface area contributed by atoms with E-state index in [2.05, 4.69) is 14.9 Å². The van der Waals surface area contributed by atoms with Crippen molar-refractivity contribution in [3.63, 3.8) is 0 Å². The van der Waals surface area contributed by atoms with Gasteiger partial charge in [0, 0.05) is 48.5 Å². The summed E-state index contributed by atoms with van der Waals surface area (Å²) >= 11 is 0. The summed E-state index contributed by atoms with van der Waals surface area (Å²) in [6, 6.07) is 9.69. The molecule has 2 aromatic heterocycles. The van der Waals surface area contributed by atoms with Crippen molar-refractivity contribution in [2.24, 2.45) is 0 Å². The lowest BCUT2D eigenvalue weighted by molar-refractivity contribution is 0.0613. The van der Waals surface area contributed by atoms with Gasteiger partial charge in [0.05, 0.1) is 19.4 Å². The number of fused-ring (bicyclic) bond motifs is 1. The van der Waals surface area contributed by atoms with Crippen LogP contribution >= 0.6 is 0 Å². The highest BCUT2D eigenvalue weighted by molar-refractivity contribution is 5.85. The van der Waals surface area contributed by atoms with E-state index in [1.165, 1.54) is 0 Å². The molecular weight excluding hydrogens is 342 g/mol. The number of ether oxygens (including phenoxy) is 2. The quantitative estimate of drug-likeness (QED) is 0.700. The summed E-state index contributed by atoms with van der Waals surface area (Å²) in [5, 5.41) is 11.8. The number of benzene rings is 1. The lowest BCUT2D eigenvalue weighted by Crippen LogP contribution is -2.40. The molecule has 27 heavy (non-hydrogen) atoms. The van der Waals surface area contributed by atoms with E-state index < -0.39 is 6.10 Å². The van der Waals surface area contributed by atoms with Crippen molar-refractivity contribution in [3.05, 3.63) is 54.5 Å². The smallest absolute Gasteiger partial charge is 0.137 e. The fourth-order valence-corrected chi connectivity index (χ4v) is 3.69. The van der Waals surface area contributed by atoms with Crippen molar-refractivity contribution < 1.29 is 14.6 Å². The third-order valence-corrected chi connectivity index (χ3v) is 5.18. The molecule has 0 radical (unpaired) electrons. The Bertz CT molecular complexity index is 873. The van der Waals surface area contributed by atoms with E-state index in [1.54, 1.807) is 19.5 Å². The van der Waals surface area contributed by atoms with Gasteiger partial charge in [-0.15, -0.1) is 0 Å². The zero-order valence-electron chi connectivity index (χ0n) is 15.5. The van der Waals surface area contributed by atoms with Gasteiger partial charge in [-0.1, -0.05) is 0 Å². The van der Waals surface area contributed by atoms with Crippen LogP contribution < -0.4 is 9.47 Å². The number of pyridine rings is 1. The van der Waals surface area contributed by atoms with E-state index in [0.717, 1.165) is 53.9 Å². The van der Waals surface area contributed by atoms with E-state index >= 15 is 0 Å². The molecule has 3 heterocycles. The number of nitrogens with one attached hydrogen (secondary N) is 1. The molecule has 142 valence electrons. The molecule has 1 saturated heterocycles. The van der Waals surface area contributed by atoms with Gasteiger partial charge in [-0.3, -0.25) is 4.98 Å². The second-order valence-electron chi connectivity index (χ2n) is 6.98. The molecule has 0 aliphatic carbocycles. The Labute approximate surface area is 158 Å². The third-order valence-electron chi connectivity index (χ3n) is 5.18. The molecular formula is C21H25N3O3. The molecule has 6 nitrogen and oxygen atoms in total. The Morgan fingerprint density at radius 2 is 2.11 bits per heavy atom. The van der Waals surface area contributed by atoms with Gasteiger partial charge >= 0.3 is 0 Å². The maximum atomic E-state index is 10.8. The molecule has 1 aliphatic rings. The Hall–Kier alpha value is -2.57. The SMILES string of the molecule is COc1ccc2[nH]cc([C@H](O)CN3CCC(Oc4cccnc4)CC3)c2c1. The number of nitrogens with zero attached hydrogens (tertiary/aromatic N) is 2. The second kappa shape index (κ2) is 7.98. The van der Waals surface area contributed by atoms with E-state index in [0.29, 0.717) is 6.54 Å². The average Bonchev–Trinajstić information content (AvgIpc) is 3.13. The first-order valence-electron chi connectivity index (χ1n) is 9.35. The number of methoxy groups -OCH3 is 1.